The monoisotopic (exact) mass is 458 g/mol. The van der Waals surface area contributed by atoms with Crippen molar-refractivity contribution in [2.24, 2.45) is 5.92 Å². The third kappa shape index (κ3) is 4.85. The number of carbonyl (C=O) groups is 3. The summed E-state index contributed by atoms with van der Waals surface area (Å²) in [7, 11) is 0. The molecular formula is C22H23BrN2O4. The van der Waals surface area contributed by atoms with Crippen molar-refractivity contribution in [1.82, 2.24) is 5.32 Å². The summed E-state index contributed by atoms with van der Waals surface area (Å²) in [6.45, 7) is 3.83. The van der Waals surface area contributed by atoms with Gasteiger partial charge < -0.3 is 15.0 Å². The second-order valence-corrected chi connectivity index (χ2v) is 8.06. The van der Waals surface area contributed by atoms with Crippen LogP contribution in [0.1, 0.15) is 29.8 Å². The molecule has 2 amide bonds. The Kier molecular flexibility index (Phi) is 6.69. The largest absolute Gasteiger partial charge is 0.454 e. The highest BCUT2D eigenvalue weighted by Crippen LogP contribution is 2.27. The number of hydrogen-bond donors (Lipinski definition) is 1. The lowest BCUT2D eigenvalue weighted by Gasteiger charge is -2.22. The van der Waals surface area contributed by atoms with Gasteiger partial charge >= 0.3 is 5.97 Å². The van der Waals surface area contributed by atoms with Crippen LogP contribution >= 0.6 is 15.9 Å². The molecule has 1 aliphatic heterocycles. The standard InChI is InChI=1S/C22H23BrN2O4/c1-14(2)20(24-21(27)16-8-4-5-9-17(16)23)22(28)29-13-19(26)25-12-11-15-7-3-6-10-18(15)25/h3-10,14,20H,11-13H2,1-2H3,(H,24,27)/t20-/m1/s1. The van der Waals surface area contributed by atoms with Crippen molar-refractivity contribution in [2.45, 2.75) is 26.3 Å². The number of benzene rings is 2. The van der Waals surface area contributed by atoms with Crippen LogP contribution in [-0.2, 0) is 20.7 Å². The van der Waals surface area contributed by atoms with Gasteiger partial charge in [0.15, 0.2) is 6.61 Å². The second-order valence-electron chi connectivity index (χ2n) is 7.21. The van der Waals surface area contributed by atoms with Gasteiger partial charge in [-0.1, -0.05) is 44.2 Å². The van der Waals surface area contributed by atoms with Gasteiger partial charge in [0.25, 0.3) is 11.8 Å². The molecule has 0 spiro atoms. The van der Waals surface area contributed by atoms with Crippen LogP contribution in [0.25, 0.3) is 0 Å². The zero-order valence-electron chi connectivity index (χ0n) is 16.4. The molecule has 0 aliphatic carbocycles. The maximum absolute atomic E-state index is 12.6. The van der Waals surface area contributed by atoms with Crippen LogP contribution in [0.4, 0.5) is 5.69 Å². The number of carbonyl (C=O) groups excluding carboxylic acids is 3. The second kappa shape index (κ2) is 9.22. The van der Waals surface area contributed by atoms with Gasteiger partial charge in [0, 0.05) is 16.7 Å². The van der Waals surface area contributed by atoms with E-state index in [-0.39, 0.29) is 24.3 Å². The summed E-state index contributed by atoms with van der Waals surface area (Å²) >= 11 is 3.33. The van der Waals surface area contributed by atoms with Gasteiger partial charge in [0.2, 0.25) is 0 Å². The molecule has 1 atom stereocenters. The van der Waals surface area contributed by atoms with Crippen LogP contribution in [0.15, 0.2) is 53.0 Å². The lowest BCUT2D eigenvalue weighted by atomic mass is 10.0. The van der Waals surface area contributed by atoms with Gasteiger partial charge in [-0.25, -0.2) is 4.79 Å². The Hall–Kier alpha value is -2.67. The molecule has 0 saturated carbocycles. The smallest absolute Gasteiger partial charge is 0.329 e. The topological polar surface area (TPSA) is 75.7 Å². The molecule has 2 aromatic rings. The fourth-order valence-electron chi connectivity index (χ4n) is 3.26. The lowest BCUT2D eigenvalue weighted by Crippen LogP contribution is -2.46. The molecule has 0 saturated heterocycles. The van der Waals surface area contributed by atoms with Gasteiger partial charge in [-0.05, 0) is 52.0 Å². The molecule has 6 nitrogen and oxygen atoms in total. The molecule has 152 valence electrons. The van der Waals surface area contributed by atoms with Gasteiger partial charge in [-0.2, -0.15) is 0 Å². The van der Waals surface area contributed by atoms with E-state index >= 15 is 0 Å². The van der Waals surface area contributed by atoms with Crippen LogP contribution in [-0.4, -0.2) is 37.0 Å². The first-order valence-corrected chi connectivity index (χ1v) is 10.3. The van der Waals surface area contributed by atoms with E-state index < -0.39 is 12.0 Å². The predicted molar refractivity (Wildman–Crippen MR) is 114 cm³/mol. The van der Waals surface area contributed by atoms with E-state index in [0.29, 0.717) is 16.6 Å². The van der Waals surface area contributed by atoms with E-state index in [1.807, 2.05) is 38.1 Å². The van der Waals surface area contributed by atoms with E-state index in [2.05, 4.69) is 21.2 Å². The molecule has 1 heterocycles. The zero-order valence-corrected chi connectivity index (χ0v) is 17.9. The van der Waals surface area contributed by atoms with E-state index in [4.69, 9.17) is 4.74 Å². The Balaban J connectivity index is 1.61. The molecule has 1 N–H and O–H groups in total. The Morgan fingerprint density at radius 3 is 2.52 bits per heavy atom. The number of halogens is 1. The molecule has 29 heavy (non-hydrogen) atoms. The number of esters is 1. The third-order valence-corrected chi connectivity index (χ3v) is 5.54. The number of anilines is 1. The number of ether oxygens (including phenoxy) is 1. The zero-order chi connectivity index (χ0) is 21.0. The van der Waals surface area contributed by atoms with Crippen LogP contribution in [0.3, 0.4) is 0 Å². The van der Waals surface area contributed by atoms with Crippen molar-refractivity contribution >= 4 is 39.4 Å². The summed E-state index contributed by atoms with van der Waals surface area (Å²) in [5.41, 5.74) is 2.39. The summed E-state index contributed by atoms with van der Waals surface area (Å²) in [6.07, 6.45) is 0.784. The summed E-state index contributed by atoms with van der Waals surface area (Å²) in [6, 6.07) is 13.8. The number of fused-ring (bicyclic) bond motifs is 1. The molecule has 0 radical (unpaired) electrons. The number of rotatable bonds is 6. The van der Waals surface area contributed by atoms with Gasteiger partial charge in [0.1, 0.15) is 6.04 Å². The molecule has 0 fully saturated rings. The van der Waals surface area contributed by atoms with Crippen molar-refractivity contribution in [3.8, 4) is 0 Å². The summed E-state index contributed by atoms with van der Waals surface area (Å²) in [4.78, 5) is 39.3. The number of nitrogens with one attached hydrogen (secondary N) is 1. The Morgan fingerprint density at radius 2 is 1.79 bits per heavy atom. The number of nitrogens with zero attached hydrogens (tertiary/aromatic N) is 1. The summed E-state index contributed by atoms with van der Waals surface area (Å²) < 4.78 is 5.90. The predicted octanol–water partition coefficient (Wildman–Crippen LogP) is 3.34. The average molecular weight is 459 g/mol. The van der Waals surface area contributed by atoms with Crippen LogP contribution in [0.2, 0.25) is 0 Å². The highest BCUT2D eigenvalue weighted by atomic mass is 79.9. The number of para-hydroxylation sites is 1. The highest BCUT2D eigenvalue weighted by Gasteiger charge is 2.29. The van der Waals surface area contributed by atoms with Gasteiger partial charge in [0.05, 0.1) is 5.56 Å². The molecule has 3 rings (SSSR count). The SMILES string of the molecule is CC(C)[C@@H](NC(=O)c1ccccc1Br)C(=O)OCC(=O)N1CCc2ccccc21. The van der Waals surface area contributed by atoms with Gasteiger partial charge in [-0.3, -0.25) is 9.59 Å². The Labute approximate surface area is 178 Å². The first kappa shape index (κ1) is 21.0. The Morgan fingerprint density at radius 1 is 1.10 bits per heavy atom. The minimum atomic E-state index is -0.853. The summed E-state index contributed by atoms with van der Waals surface area (Å²) in [5, 5.41) is 2.71. The van der Waals surface area contributed by atoms with Crippen molar-refractivity contribution in [2.75, 3.05) is 18.1 Å². The van der Waals surface area contributed by atoms with Crippen LogP contribution in [0, 0.1) is 5.92 Å². The Bertz CT molecular complexity index is 929. The first-order valence-electron chi connectivity index (χ1n) is 9.48. The van der Waals surface area contributed by atoms with Crippen LogP contribution < -0.4 is 10.2 Å². The molecule has 2 aromatic carbocycles. The van der Waals surface area contributed by atoms with Crippen molar-refractivity contribution in [3.05, 3.63) is 64.1 Å². The fourth-order valence-corrected chi connectivity index (χ4v) is 3.72. The minimum absolute atomic E-state index is 0.198. The van der Waals surface area contributed by atoms with E-state index in [0.717, 1.165) is 17.7 Å². The van der Waals surface area contributed by atoms with E-state index in [1.54, 1.807) is 29.2 Å². The molecular weight excluding hydrogens is 436 g/mol. The number of hydrogen-bond acceptors (Lipinski definition) is 4. The quantitative estimate of drug-likeness (QED) is 0.673. The van der Waals surface area contributed by atoms with Gasteiger partial charge in [-0.15, -0.1) is 0 Å². The maximum Gasteiger partial charge on any atom is 0.329 e. The first-order chi connectivity index (χ1) is 13.9. The van der Waals surface area contributed by atoms with E-state index in [1.165, 1.54) is 0 Å². The van der Waals surface area contributed by atoms with Crippen molar-refractivity contribution < 1.29 is 19.1 Å². The molecule has 1 aliphatic rings. The summed E-state index contributed by atoms with van der Waals surface area (Å²) in [5.74, 6) is -1.48. The van der Waals surface area contributed by atoms with Crippen molar-refractivity contribution in [1.29, 1.82) is 0 Å². The third-order valence-electron chi connectivity index (χ3n) is 4.85. The fraction of sp³-hybridized carbons (Fsp3) is 0.318. The normalized spacial score (nSPS) is 13.7. The highest BCUT2D eigenvalue weighted by molar-refractivity contribution is 9.10. The molecule has 0 bridgehead atoms. The molecule has 0 aromatic heterocycles. The average Bonchev–Trinajstić information content (AvgIpc) is 3.14. The lowest BCUT2D eigenvalue weighted by molar-refractivity contribution is -0.150. The molecule has 7 heteroatoms. The minimum Gasteiger partial charge on any atom is -0.454 e. The van der Waals surface area contributed by atoms with E-state index in [9.17, 15) is 14.4 Å². The number of amides is 2. The van der Waals surface area contributed by atoms with Crippen LogP contribution in [0.5, 0.6) is 0 Å². The van der Waals surface area contributed by atoms with Crippen molar-refractivity contribution in [3.63, 3.8) is 0 Å². The maximum atomic E-state index is 12.6. The molecule has 0 unspecified atom stereocenters.